The molecule has 1 spiro atoms. The van der Waals surface area contributed by atoms with Crippen LogP contribution in [0.25, 0.3) is 0 Å². The van der Waals surface area contributed by atoms with Crippen LogP contribution in [-0.4, -0.2) is 99.1 Å². The molecule has 0 aromatic heterocycles. The Bertz CT molecular complexity index is 1450. The van der Waals surface area contributed by atoms with Gasteiger partial charge in [0.1, 0.15) is 23.7 Å². The highest BCUT2D eigenvalue weighted by Gasteiger charge is 2.73. The fourth-order valence-electron chi connectivity index (χ4n) is 8.57. The van der Waals surface area contributed by atoms with Crippen molar-refractivity contribution in [1.82, 2.24) is 14.7 Å². The molecule has 262 valence electrons. The van der Waals surface area contributed by atoms with Crippen LogP contribution in [0.1, 0.15) is 85.8 Å². The van der Waals surface area contributed by atoms with E-state index in [1.54, 1.807) is 18.0 Å². The van der Waals surface area contributed by atoms with Gasteiger partial charge in [0.2, 0.25) is 17.7 Å². The Kier molecular flexibility index (Phi) is 10.0. The van der Waals surface area contributed by atoms with Gasteiger partial charge in [-0.25, -0.2) is 0 Å². The number of cyclic esters (lactones) is 1. The molecule has 4 aliphatic heterocycles. The maximum atomic E-state index is 14.9. The van der Waals surface area contributed by atoms with E-state index in [0.29, 0.717) is 25.8 Å². The highest BCUT2D eigenvalue weighted by Crippen LogP contribution is 2.54. The average molecular weight is 664 g/mol. The number of benzene rings is 1. The molecule has 1 aromatic rings. The van der Waals surface area contributed by atoms with Gasteiger partial charge >= 0.3 is 5.97 Å². The van der Waals surface area contributed by atoms with Crippen molar-refractivity contribution in [2.24, 2.45) is 17.3 Å². The number of hydrogen-bond acceptors (Lipinski definition) is 7. The molecule has 0 saturated carbocycles. The molecule has 1 N–H and O–H groups in total. The third-order valence-electron chi connectivity index (χ3n) is 10.6. The van der Waals surface area contributed by atoms with Crippen LogP contribution >= 0.6 is 0 Å². The Hall–Kier alpha value is -3.50. The Morgan fingerprint density at radius 3 is 2.33 bits per heavy atom. The van der Waals surface area contributed by atoms with E-state index in [1.165, 1.54) is 4.90 Å². The maximum absolute atomic E-state index is 14.9. The number of carbonyl (C=O) groups is 4. The third-order valence-corrected chi connectivity index (χ3v) is 10.6. The molecule has 4 aliphatic rings. The summed E-state index contributed by atoms with van der Waals surface area (Å²) in [6.07, 6.45) is 7.37. The first kappa shape index (κ1) is 35.8. The number of likely N-dealkylation sites (tertiary alicyclic amines) is 1. The van der Waals surface area contributed by atoms with Crippen molar-refractivity contribution in [3.63, 3.8) is 0 Å². The first-order valence-electron chi connectivity index (χ1n) is 17.4. The number of esters is 1. The summed E-state index contributed by atoms with van der Waals surface area (Å²) in [5.74, 6) is -3.52. The van der Waals surface area contributed by atoms with Crippen LogP contribution in [0.2, 0.25) is 0 Å². The van der Waals surface area contributed by atoms with Gasteiger partial charge in [-0.15, -0.1) is 0 Å². The zero-order chi connectivity index (χ0) is 35.2. The Morgan fingerprint density at radius 1 is 1.02 bits per heavy atom. The maximum Gasteiger partial charge on any atom is 0.313 e. The van der Waals surface area contributed by atoms with Crippen LogP contribution in [0.15, 0.2) is 54.6 Å². The molecule has 0 bridgehead atoms. The Labute approximate surface area is 285 Å². The number of aliphatic hydroxyl groups is 1. The monoisotopic (exact) mass is 663 g/mol. The molecule has 10 nitrogen and oxygen atoms in total. The van der Waals surface area contributed by atoms with Crippen molar-refractivity contribution < 1.29 is 33.8 Å². The highest BCUT2D eigenvalue weighted by atomic mass is 16.6. The second kappa shape index (κ2) is 13.4. The zero-order valence-electron chi connectivity index (χ0n) is 29.7. The van der Waals surface area contributed by atoms with Gasteiger partial charge in [0.25, 0.3) is 0 Å². The fourth-order valence-corrected chi connectivity index (χ4v) is 8.57. The minimum atomic E-state index is -1.47. The number of amides is 3. The second-order valence-corrected chi connectivity index (χ2v) is 15.7. The summed E-state index contributed by atoms with van der Waals surface area (Å²) in [6.45, 7) is 14.2. The molecule has 0 radical (unpaired) electrons. The molecule has 3 amide bonds. The normalized spacial score (nSPS) is 32.9. The molecule has 8 atom stereocenters. The lowest BCUT2D eigenvalue weighted by atomic mass is 9.77. The molecule has 10 heteroatoms. The quantitative estimate of drug-likeness (QED) is 0.354. The van der Waals surface area contributed by atoms with E-state index in [-0.39, 0.29) is 30.3 Å². The lowest BCUT2D eigenvalue weighted by Gasteiger charge is -2.45. The van der Waals surface area contributed by atoms with Gasteiger partial charge in [0.05, 0.1) is 30.7 Å². The van der Waals surface area contributed by atoms with Crippen molar-refractivity contribution >= 4 is 23.7 Å². The van der Waals surface area contributed by atoms with Crippen LogP contribution in [-0.2, 0) is 28.7 Å². The summed E-state index contributed by atoms with van der Waals surface area (Å²) >= 11 is 0. The number of hydrogen-bond donors (Lipinski definition) is 1. The number of nitrogens with zero attached hydrogens (tertiary/aromatic N) is 3. The van der Waals surface area contributed by atoms with Gasteiger partial charge in [-0.05, 0) is 51.0 Å². The summed E-state index contributed by atoms with van der Waals surface area (Å²) < 4.78 is 13.2. The number of aliphatic hydroxyl groups excluding tert-OH is 1. The minimum absolute atomic E-state index is 0.0809. The van der Waals surface area contributed by atoms with Crippen molar-refractivity contribution in [2.45, 2.75) is 116 Å². The van der Waals surface area contributed by atoms with Crippen LogP contribution in [0.5, 0.6) is 0 Å². The smallest absolute Gasteiger partial charge is 0.313 e. The van der Waals surface area contributed by atoms with E-state index < -0.39 is 65.2 Å². The average Bonchev–Trinajstić information content (AvgIpc) is 3.41. The van der Waals surface area contributed by atoms with Crippen molar-refractivity contribution in [2.75, 3.05) is 20.2 Å². The molecule has 48 heavy (non-hydrogen) atoms. The molecule has 0 unspecified atom stereocenters. The summed E-state index contributed by atoms with van der Waals surface area (Å²) in [7, 11) is 1.71. The predicted octanol–water partition coefficient (Wildman–Crippen LogP) is 4.43. The van der Waals surface area contributed by atoms with E-state index in [9.17, 15) is 24.3 Å². The highest BCUT2D eigenvalue weighted by molar-refractivity contribution is 5.99. The van der Waals surface area contributed by atoms with Crippen molar-refractivity contribution in [3.8, 4) is 0 Å². The Morgan fingerprint density at radius 2 is 1.71 bits per heavy atom. The first-order valence-corrected chi connectivity index (χ1v) is 17.4. The lowest BCUT2D eigenvalue weighted by Crippen LogP contribution is -2.61. The molecule has 5 rings (SSSR count). The number of rotatable bonds is 6. The van der Waals surface area contributed by atoms with Gasteiger partial charge in [0, 0.05) is 25.6 Å². The van der Waals surface area contributed by atoms with Gasteiger partial charge < -0.3 is 29.3 Å². The molecule has 2 fully saturated rings. The molecular weight excluding hydrogens is 610 g/mol. The molecule has 1 aromatic carbocycles. The zero-order valence-corrected chi connectivity index (χ0v) is 29.7. The van der Waals surface area contributed by atoms with Crippen LogP contribution in [0, 0.1) is 17.3 Å². The van der Waals surface area contributed by atoms with Crippen molar-refractivity contribution in [3.05, 3.63) is 60.2 Å². The number of likely N-dealkylation sites (N-methyl/N-ethyl adjacent to an activating group) is 1. The topological polar surface area (TPSA) is 117 Å². The van der Waals surface area contributed by atoms with E-state index >= 15 is 0 Å². The van der Waals surface area contributed by atoms with Gasteiger partial charge in [0.15, 0.2) is 0 Å². The van der Waals surface area contributed by atoms with Gasteiger partial charge in [-0.2, -0.15) is 0 Å². The summed E-state index contributed by atoms with van der Waals surface area (Å²) in [6, 6.07) is 7.05. The van der Waals surface area contributed by atoms with Crippen LogP contribution in [0.3, 0.4) is 0 Å². The summed E-state index contributed by atoms with van der Waals surface area (Å²) in [5.41, 5.74) is -1.40. The third kappa shape index (κ3) is 6.33. The fraction of sp³-hybridized carbons (Fsp3) is 0.632. The first-order chi connectivity index (χ1) is 22.6. The summed E-state index contributed by atoms with van der Waals surface area (Å²) in [5, 5.41) is 10.5. The Balaban J connectivity index is 1.64. The predicted molar refractivity (Wildman–Crippen MR) is 181 cm³/mol. The summed E-state index contributed by atoms with van der Waals surface area (Å²) in [4.78, 5) is 62.3. The van der Waals surface area contributed by atoms with Gasteiger partial charge in [-0.3, -0.25) is 19.2 Å². The number of ether oxygens (including phenoxy) is 2. The van der Waals surface area contributed by atoms with Gasteiger partial charge in [-0.1, -0.05) is 82.3 Å². The molecular formula is C38H53N3O7. The largest absolute Gasteiger partial charge is 0.455 e. The SMILES string of the molecule is CC[C@@H](CO)N1C(=O)[C@@H]2[C@H]3C(=O)O[C@H](c4ccccc4)[C@@H](C)N(C)C(=O)CC/C=C\[C@H]3O[C@@]23C=CCN(C(C)(C)CC(C)(C)C)C(=O)[C@@H]13. The van der Waals surface area contributed by atoms with E-state index in [2.05, 4.69) is 20.8 Å². The molecule has 0 aliphatic carbocycles. The molecule has 2 saturated heterocycles. The van der Waals surface area contributed by atoms with E-state index in [0.717, 1.165) is 5.56 Å². The minimum Gasteiger partial charge on any atom is -0.455 e. The molecule has 4 heterocycles. The van der Waals surface area contributed by atoms with E-state index in [4.69, 9.17) is 9.47 Å². The second-order valence-electron chi connectivity index (χ2n) is 15.7. The van der Waals surface area contributed by atoms with Crippen LogP contribution in [0.4, 0.5) is 0 Å². The van der Waals surface area contributed by atoms with Crippen molar-refractivity contribution in [1.29, 1.82) is 0 Å². The number of carbonyl (C=O) groups excluding carboxylic acids is 4. The number of allylic oxidation sites excluding steroid dienone is 1. The van der Waals surface area contributed by atoms with Crippen LogP contribution < -0.4 is 0 Å². The number of fused-ring (bicyclic) bond motifs is 2. The van der Waals surface area contributed by atoms with E-state index in [1.807, 2.05) is 81.2 Å². The standard InChI is InChI=1S/C38H53N3O7/c1-9-26(22-42)41-32-34(45)40(37(6,7)23-36(3,4)5)21-15-20-38(32)30(33(41)44)29-27(48-38)18-13-14-19-28(43)39(8)24(2)31(47-35(29)46)25-16-11-10-12-17-25/h10-13,15-18,20,24,26-27,29-32,42H,9,14,19,21-23H2,1-8H3/b18-13-/t24-,26+,27-,29+,30+,31+,32-,38+/m1/s1. The lowest BCUT2D eigenvalue weighted by molar-refractivity contribution is -0.165.